The molecule has 5 heteroatoms. The Balaban J connectivity index is 2.06. The van der Waals surface area contributed by atoms with Crippen molar-refractivity contribution in [2.45, 2.75) is 20.8 Å². The Morgan fingerprint density at radius 3 is 2.52 bits per heavy atom. The molecule has 0 bridgehead atoms. The lowest BCUT2D eigenvalue weighted by Gasteiger charge is -2.13. The van der Waals surface area contributed by atoms with Gasteiger partial charge in [0, 0.05) is 0 Å². The van der Waals surface area contributed by atoms with E-state index in [1.807, 2.05) is 19.9 Å². The van der Waals surface area contributed by atoms with Gasteiger partial charge in [0.1, 0.15) is 5.75 Å². The predicted octanol–water partition coefficient (Wildman–Crippen LogP) is 4.18. The summed E-state index contributed by atoms with van der Waals surface area (Å²) in [6.45, 7) is 5.07. The molecule has 1 amide bonds. The van der Waals surface area contributed by atoms with E-state index in [-0.39, 0.29) is 18.3 Å². The number of halogens is 1. The highest BCUT2D eigenvalue weighted by Gasteiger charge is 2.12. The van der Waals surface area contributed by atoms with Crippen molar-refractivity contribution in [3.05, 3.63) is 58.1 Å². The first-order chi connectivity index (χ1) is 10.9. The average molecular weight is 332 g/mol. The molecule has 4 nitrogen and oxygen atoms in total. The summed E-state index contributed by atoms with van der Waals surface area (Å²) in [5.74, 6) is -0.0579. The third-order valence-electron chi connectivity index (χ3n) is 3.32. The lowest BCUT2D eigenvalue weighted by molar-refractivity contribution is -0.118. The molecule has 0 atom stereocenters. The summed E-state index contributed by atoms with van der Waals surface area (Å²) in [5.41, 5.74) is 2.93. The van der Waals surface area contributed by atoms with Crippen LogP contribution in [0, 0.1) is 13.8 Å². The number of ether oxygens (including phenoxy) is 1. The Morgan fingerprint density at radius 2 is 1.87 bits per heavy atom. The van der Waals surface area contributed by atoms with Crippen molar-refractivity contribution >= 4 is 29.0 Å². The van der Waals surface area contributed by atoms with Crippen LogP contribution in [0.3, 0.4) is 0 Å². The molecule has 0 saturated heterocycles. The second kappa shape index (κ2) is 7.29. The molecule has 1 N–H and O–H groups in total. The highest BCUT2D eigenvalue weighted by atomic mass is 35.5. The van der Waals surface area contributed by atoms with Crippen LogP contribution in [0.2, 0.25) is 5.02 Å². The van der Waals surface area contributed by atoms with Crippen molar-refractivity contribution in [2.75, 3.05) is 11.9 Å². The normalized spacial score (nSPS) is 10.3. The van der Waals surface area contributed by atoms with Gasteiger partial charge in [-0.05, 0) is 50.1 Å². The van der Waals surface area contributed by atoms with Gasteiger partial charge < -0.3 is 10.1 Å². The number of hydrogen-bond donors (Lipinski definition) is 1. The number of carbonyl (C=O) groups excluding carboxylic acids is 2. The summed E-state index contributed by atoms with van der Waals surface area (Å²) in [4.78, 5) is 23.6. The van der Waals surface area contributed by atoms with Crippen LogP contribution < -0.4 is 10.1 Å². The van der Waals surface area contributed by atoms with Crippen LogP contribution in [-0.4, -0.2) is 18.3 Å². The molecule has 2 aromatic rings. The van der Waals surface area contributed by atoms with E-state index in [4.69, 9.17) is 16.3 Å². The molecule has 0 aliphatic heterocycles. The maximum absolute atomic E-state index is 12.1. The van der Waals surface area contributed by atoms with Gasteiger partial charge >= 0.3 is 0 Å². The zero-order valence-electron chi connectivity index (χ0n) is 13.3. The van der Waals surface area contributed by atoms with Gasteiger partial charge in [0.05, 0.1) is 16.3 Å². The first-order valence-corrected chi connectivity index (χ1v) is 7.55. The average Bonchev–Trinajstić information content (AvgIpc) is 2.49. The second-order valence-corrected chi connectivity index (χ2v) is 5.74. The summed E-state index contributed by atoms with van der Waals surface area (Å²) in [5, 5.41) is 3.23. The Labute approximate surface area is 140 Å². The fourth-order valence-corrected chi connectivity index (χ4v) is 2.64. The van der Waals surface area contributed by atoms with E-state index in [0.717, 1.165) is 11.1 Å². The minimum Gasteiger partial charge on any atom is -0.483 e. The summed E-state index contributed by atoms with van der Waals surface area (Å²) in [7, 11) is 0. The molecule has 0 aliphatic rings. The highest BCUT2D eigenvalue weighted by molar-refractivity contribution is 6.34. The van der Waals surface area contributed by atoms with Gasteiger partial charge in [0.2, 0.25) is 0 Å². The first-order valence-electron chi connectivity index (χ1n) is 7.18. The maximum atomic E-state index is 12.1. The molecule has 0 radical (unpaired) electrons. The molecule has 0 heterocycles. The van der Waals surface area contributed by atoms with Crippen LogP contribution in [0.4, 0.5) is 5.69 Å². The van der Waals surface area contributed by atoms with E-state index in [0.29, 0.717) is 22.0 Å². The summed E-state index contributed by atoms with van der Waals surface area (Å²) >= 11 is 6.16. The van der Waals surface area contributed by atoms with Gasteiger partial charge in [0.25, 0.3) is 5.91 Å². The monoisotopic (exact) mass is 331 g/mol. The number of Topliss-reactive ketones (excluding diaryl/α,β-unsaturated/α-hetero) is 1. The lowest BCUT2D eigenvalue weighted by Crippen LogP contribution is -2.21. The van der Waals surface area contributed by atoms with Crippen LogP contribution in [0.15, 0.2) is 36.4 Å². The maximum Gasteiger partial charge on any atom is 0.262 e. The number of aryl methyl sites for hydroxylation is 2. The fraction of sp³-hybridized carbons (Fsp3) is 0.222. The number of amides is 1. The first kappa shape index (κ1) is 17.0. The molecule has 2 rings (SSSR count). The Morgan fingerprint density at radius 1 is 1.17 bits per heavy atom. The molecule has 0 aliphatic carbocycles. The van der Waals surface area contributed by atoms with Crippen LogP contribution in [0.5, 0.6) is 5.75 Å². The number of rotatable bonds is 5. The summed E-state index contributed by atoms with van der Waals surface area (Å²) in [6.07, 6.45) is 0. The van der Waals surface area contributed by atoms with E-state index in [1.54, 1.807) is 30.3 Å². The van der Waals surface area contributed by atoms with Gasteiger partial charge in [0.15, 0.2) is 12.4 Å². The number of para-hydroxylation sites is 1. The number of carbonyl (C=O) groups is 2. The van der Waals surface area contributed by atoms with Gasteiger partial charge in [-0.1, -0.05) is 29.8 Å². The molecule has 2 aromatic carbocycles. The third kappa shape index (κ3) is 4.33. The van der Waals surface area contributed by atoms with Crippen molar-refractivity contribution in [1.29, 1.82) is 0 Å². The van der Waals surface area contributed by atoms with Crippen molar-refractivity contribution in [3.63, 3.8) is 0 Å². The fourth-order valence-electron chi connectivity index (χ4n) is 2.28. The largest absolute Gasteiger partial charge is 0.483 e. The zero-order chi connectivity index (χ0) is 17.0. The third-order valence-corrected chi connectivity index (χ3v) is 3.62. The minimum atomic E-state index is -0.336. The molecule has 120 valence electrons. The predicted molar refractivity (Wildman–Crippen MR) is 91.5 cm³/mol. The van der Waals surface area contributed by atoms with Crippen molar-refractivity contribution in [3.8, 4) is 5.75 Å². The van der Waals surface area contributed by atoms with Gasteiger partial charge in [-0.2, -0.15) is 0 Å². The van der Waals surface area contributed by atoms with E-state index in [1.165, 1.54) is 6.92 Å². The van der Waals surface area contributed by atoms with Gasteiger partial charge in [-0.25, -0.2) is 0 Å². The van der Waals surface area contributed by atoms with E-state index in [9.17, 15) is 9.59 Å². The summed E-state index contributed by atoms with van der Waals surface area (Å²) in [6, 6.07) is 10.5. The van der Waals surface area contributed by atoms with Crippen molar-refractivity contribution < 1.29 is 14.3 Å². The Bertz CT molecular complexity index is 733. The molecule has 0 spiro atoms. The quantitative estimate of drug-likeness (QED) is 0.836. The molecule has 0 fully saturated rings. The van der Waals surface area contributed by atoms with Crippen molar-refractivity contribution in [1.82, 2.24) is 0 Å². The SMILES string of the molecule is CC(=O)c1ccccc1OCC(=O)Nc1c(C)cc(C)cc1Cl. The van der Waals surface area contributed by atoms with Crippen LogP contribution in [-0.2, 0) is 4.79 Å². The van der Waals surface area contributed by atoms with Gasteiger partial charge in [-0.15, -0.1) is 0 Å². The Hall–Kier alpha value is -2.33. The lowest BCUT2D eigenvalue weighted by atomic mass is 10.1. The van der Waals surface area contributed by atoms with Gasteiger partial charge in [-0.3, -0.25) is 9.59 Å². The molecular weight excluding hydrogens is 314 g/mol. The number of anilines is 1. The van der Waals surface area contributed by atoms with E-state index in [2.05, 4.69) is 5.32 Å². The smallest absolute Gasteiger partial charge is 0.262 e. The van der Waals surface area contributed by atoms with Crippen molar-refractivity contribution in [2.24, 2.45) is 0 Å². The van der Waals surface area contributed by atoms with Crippen LogP contribution in [0.1, 0.15) is 28.4 Å². The van der Waals surface area contributed by atoms with Crippen LogP contribution in [0.25, 0.3) is 0 Å². The Kier molecular flexibility index (Phi) is 5.40. The molecular formula is C18H18ClNO3. The van der Waals surface area contributed by atoms with E-state index >= 15 is 0 Å². The number of ketones is 1. The topological polar surface area (TPSA) is 55.4 Å². The van der Waals surface area contributed by atoms with E-state index < -0.39 is 0 Å². The molecule has 0 saturated carbocycles. The number of benzene rings is 2. The summed E-state index contributed by atoms with van der Waals surface area (Å²) < 4.78 is 5.46. The molecule has 0 unspecified atom stereocenters. The highest BCUT2D eigenvalue weighted by Crippen LogP contribution is 2.27. The van der Waals surface area contributed by atoms with Crippen LogP contribution >= 0.6 is 11.6 Å². The minimum absolute atomic E-state index is 0.113. The second-order valence-electron chi connectivity index (χ2n) is 5.33. The molecule has 0 aromatic heterocycles. The number of nitrogens with one attached hydrogen (secondary N) is 1. The molecule has 23 heavy (non-hydrogen) atoms. The number of hydrogen-bond acceptors (Lipinski definition) is 3. The zero-order valence-corrected chi connectivity index (χ0v) is 14.0. The standard InChI is InChI=1S/C18H18ClNO3/c1-11-8-12(2)18(15(19)9-11)20-17(22)10-23-16-7-5-4-6-14(16)13(3)21/h4-9H,10H2,1-3H3,(H,20,22).